The number of benzene rings is 1. The monoisotopic (exact) mass is 436 g/mol. The van der Waals surface area contributed by atoms with Crippen molar-refractivity contribution in [3.63, 3.8) is 0 Å². The zero-order valence-electron chi connectivity index (χ0n) is 17.1. The number of ether oxygens (including phenoxy) is 2. The summed E-state index contributed by atoms with van der Waals surface area (Å²) < 4.78 is 34.8. The topological polar surface area (TPSA) is 50.8 Å². The van der Waals surface area contributed by atoms with E-state index in [0.29, 0.717) is 18.7 Å². The van der Waals surface area contributed by atoms with Crippen LogP contribution in [0.3, 0.4) is 0 Å². The number of carbonyl (C=O) groups excluding carboxylic acids is 1. The number of nitrogens with one attached hydrogen (secondary N) is 1. The quantitative estimate of drug-likeness (QED) is 0.595. The highest BCUT2D eigenvalue weighted by molar-refractivity contribution is 7.10. The second-order valence-electron chi connectivity index (χ2n) is 7.03. The molecule has 1 aliphatic rings. The van der Waals surface area contributed by atoms with E-state index in [2.05, 4.69) is 33.3 Å². The van der Waals surface area contributed by atoms with Crippen LogP contribution in [0.1, 0.15) is 29.9 Å². The molecule has 1 N–H and O–H groups in total. The highest BCUT2D eigenvalue weighted by Gasteiger charge is 2.21. The highest BCUT2D eigenvalue weighted by atomic mass is 32.1. The molecule has 5 nitrogen and oxygen atoms in total. The predicted molar refractivity (Wildman–Crippen MR) is 114 cm³/mol. The van der Waals surface area contributed by atoms with E-state index in [-0.39, 0.29) is 23.4 Å². The van der Waals surface area contributed by atoms with Crippen molar-refractivity contribution < 1.29 is 23.0 Å². The minimum Gasteiger partial charge on any atom is -0.490 e. The zero-order valence-corrected chi connectivity index (χ0v) is 17.9. The Morgan fingerprint density at radius 3 is 2.93 bits per heavy atom. The van der Waals surface area contributed by atoms with Crippen molar-refractivity contribution in [2.24, 2.45) is 0 Å². The van der Waals surface area contributed by atoms with Crippen LogP contribution < -0.4 is 14.8 Å². The van der Waals surface area contributed by atoms with Crippen LogP contribution in [0.5, 0.6) is 11.5 Å². The molecule has 2 heterocycles. The average Bonchev–Trinajstić information content (AvgIpc) is 3.19. The molecule has 1 unspecified atom stereocenters. The van der Waals surface area contributed by atoms with Crippen molar-refractivity contribution in [3.05, 3.63) is 51.7 Å². The summed E-state index contributed by atoms with van der Waals surface area (Å²) >= 11 is 1.81. The number of amides is 1. The van der Waals surface area contributed by atoms with Crippen LogP contribution in [0.15, 0.2) is 35.7 Å². The third kappa shape index (κ3) is 6.03. The molecule has 0 spiro atoms. The Kier molecular flexibility index (Phi) is 7.81. The normalized spacial score (nSPS) is 15.2. The van der Waals surface area contributed by atoms with Crippen LogP contribution in [0, 0.1) is 0 Å². The molecule has 1 atom stereocenters. The van der Waals surface area contributed by atoms with Gasteiger partial charge in [0.2, 0.25) is 5.91 Å². The first-order valence-corrected chi connectivity index (χ1v) is 10.8. The predicted octanol–water partition coefficient (Wildman–Crippen LogP) is 4.32. The Morgan fingerprint density at radius 2 is 2.17 bits per heavy atom. The first-order valence-electron chi connectivity index (χ1n) is 9.93. The Balaban J connectivity index is 1.52. The van der Waals surface area contributed by atoms with Gasteiger partial charge < -0.3 is 14.8 Å². The molecular formula is C22H26F2N2O3S. The SMILES string of the molecule is CCOc1cc(/C=C/C(=O)NCC(C)N2CCc3sccc3C2)ccc1OC(F)F. The standard InChI is InChI=1S/C22H26F2N2O3S/c1-3-28-19-12-16(4-6-18(19)29-22(23)24)5-7-21(27)25-13-15(2)26-10-8-20-17(14-26)9-11-30-20/h4-7,9,11-12,15,22H,3,8,10,13-14H2,1-2H3,(H,25,27)/b7-5+. The largest absolute Gasteiger partial charge is 0.490 e. The maximum Gasteiger partial charge on any atom is 0.387 e. The van der Waals surface area contributed by atoms with Gasteiger partial charge in [0, 0.05) is 36.6 Å². The molecule has 8 heteroatoms. The molecule has 0 fully saturated rings. The fraction of sp³-hybridized carbons (Fsp3) is 0.409. The second kappa shape index (κ2) is 10.5. The Labute approximate surface area is 179 Å². The van der Waals surface area contributed by atoms with Gasteiger partial charge in [0.1, 0.15) is 0 Å². The number of hydrogen-bond acceptors (Lipinski definition) is 5. The van der Waals surface area contributed by atoms with Gasteiger partial charge in [-0.1, -0.05) is 6.07 Å². The van der Waals surface area contributed by atoms with E-state index in [0.717, 1.165) is 19.5 Å². The summed E-state index contributed by atoms with van der Waals surface area (Å²) in [7, 11) is 0. The van der Waals surface area contributed by atoms with Crippen molar-refractivity contribution in [2.75, 3.05) is 19.7 Å². The number of hydrogen-bond donors (Lipinski definition) is 1. The lowest BCUT2D eigenvalue weighted by molar-refractivity contribution is -0.116. The molecule has 0 aliphatic carbocycles. The molecule has 1 aliphatic heterocycles. The van der Waals surface area contributed by atoms with E-state index in [1.54, 1.807) is 25.1 Å². The molecule has 1 aromatic heterocycles. The number of alkyl halides is 2. The first kappa shape index (κ1) is 22.2. The van der Waals surface area contributed by atoms with E-state index in [1.807, 2.05) is 11.3 Å². The molecule has 162 valence electrons. The Bertz CT molecular complexity index is 885. The van der Waals surface area contributed by atoms with E-state index >= 15 is 0 Å². The molecule has 0 saturated heterocycles. The van der Waals surface area contributed by atoms with Crippen LogP contribution in [0.2, 0.25) is 0 Å². The van der Waals surface area contributed by atoms with Crippen LogP contribution in [-0.4, -0.2) is 43.2 Å². The van der Waals surface area contributed by atoms with Crippen molar-refractivity contribution in [1.82, 2.24) is 10.2 Å². The molecule has 3 rings (SSSR count). The molecule has 1 aromatic carbocycles. The van der Waals surface area contributed by atoms with E-state index in [9.17, 15) is 13.6 Å². The van der Waals surface area contributed by atoms with Gasteiger partial charge in [0.05, 0.1) is 6.61 Å². The molecule has 30 heavy (non-hydrogen) atoms. The second-order valence-corrected chi connectivity index (χ2v) is 8.04. The lowest BCUT2D eigenvalue weighted by Crippen LogP contribution is -2.43. The van der Waals surface area contributed by atoms with Crippen LogP contribution in [0.25, 0.3) is 6.08 Å². The van der Waals surface area contributed by atoms with E-state index < -0.39 is 6.61 Å². The summed E-state index contributed by atoms with van der Waals surface area (Å²) in [5.41, 5.74) is 2.04. The molecule has 2 aromatic rings. The highest BCUT2D eigenvalue weighted by Crippen LogP contribution is 2.30. The number of fused-ring (bicyclic) bond motifs is 1. The van der Waals surface area contributed by atoms with Gasteiger partial charge in [0.25, 0.3) is 0 Å². The van der Waals surface area contributed by atoms with Gasteiger partial charge in [-0.3, -0.25) is 9.69 Å². The summed E-state index contributed by atoms with van der Waals surface area (Å²) in [6.07, 6.45) is 4.10. The first-order chi connectivity index (χ1) is 14.5. The fourth-order valence-corrected chi connectivity index (χ4v) is 4.23. The van der Waals surface area contributed by atoms with E-state index in [1.165, 1.54) is 22.6 Å². The Morgan fingerprint density at radius 1 is 1.33 bits per heavy atom. The van der Waals surface area contributed by atoms with Gasteiger partial charge in [-0.05, 0) is 61.1 Å². The van der Waals surface area contributed by atoms with Crippen LogP contribution >= 0.6 is 11.3 Å². The number of halogens is 2. The van der Waals surface area contributed by atoms with Gasteiger partial charge in [-0.25, -0.2) is 0 Å². The molecule has 0 saturated carbocycles. The van der Waals surface area contributed by atoms with Gasteiger partial charge >= 0.3 is 6.61 Å². The molecular weight excluding hydrogens is 410 g/mol. The summed E-state index contributed by atoms with van der Waals surface area (Å²) in [5.74, 6) is -0.0228. The molecule has 1 amide bonds. The molecule has 0 bridgehead atoms. The van der Waals surface area contributed by atoms with Crippen molar-refractivity contribution in [2.45, 2.75) is 39.5 Å². The number of thiophene rings is 1. The van der Waals surface area contributed by atoms with Gasteiger partial charge in [-0.2, -0.15) is 8.78 Å². The van der Waals surface area contributed by atoms with Gasteiger partial charge in [-0.15, -0.1) is 11.3 Å². The maximum absolute atomic E-state index is 12.5. The van der Waals surface area contributed by atoms with Crippen LogP contribution in [-0.2, 0) is 17.8 Å². The van der Waals surface area contributed by atoms with Crippen molar-refractivity contribution in [1.29, 1.82) is 0 Å². The van der Waals surface area contributed by atoms with E-state index in [4.69, 9.17) is 4.74 Å². The van der Waals surface area contributed by atoms with Crippen molar-refractivity contribution >= 4 is 23.3 Å². The fourth-order valence-electron chi connectivity index (χ4n) is 3.34. The zero-order chi connectivity index (χ0) is 21.5. The lowest BCUT2D eigenvalue weighted by Gasteiger charge is -2.32. The third-order valence-electron chi connectivity index (χ3n) is 4.94. The minimum absolute atomic E-state index is 0.0300. The minimum atomic E-state index is -2.93. The average molecular weight is 437 g/mol. The van der Waals surface area contributed by atoms with Gasteiger partial charge in [0.15, 0.2) is 11.5 Å². The smallest absolute Gasteiger partial charge is 0.387 e. The number of carbonyl (C=O) groups is 1. The summed E-state index contributed by atoms with van der Waals surface area (Å²) in [6, 6.07) is 6.98. The number of rotatable bonds is 9. The maximum atomic E-state index is 12.5. The third-order valence-corrected chi connectivity index (χ3v) is 5.97. The lowest BCUT2D eigenvalue weighted by atomic mass is 10.1. The summed E-state index contributed by atoms with van der Waals surface area (Å²) in [4.78, 5) is 16.0. The summed E-state index contributed by atoms with van der Waals surface area (Å²) in [5, 5.41) is 5.06. The van der Waals surface area contributed by atoms with Crippen LogP contribution in [0.4, 0.5) is 8.78 Å². The summed E-state index contributed by atoms with van der Waals surface area (Å²) in [6.45, 7) is 3.71. The number of nitrogens with zero attached hydrogens (tertiary/aromatic N) is 1. The Hall–Kier alpha value is -2.45. The van der Waals surface area contributed by atoms with Crippen molar-refractivity contribution in [3.8, 4) is 11.5 Å². The molecule has 0 radical (unpaired) electrons.